The first-order valence-electron chi connectivity index (χ1n) is 9.53. The molecule has 1 aliphatic heterocycles. The van der Waals surface area contributed by atoms with E-state index < -0.39 is 0 Å². The van der Waals surface area contributed by atoms with Crippen molar-refractivity contribution < 1.29 is 0 Å². The maximum absolute atomic E-state index is 6.13. The molecule has 0 amide bonds. The lowest BCUT2D eigenvalue weighted by atomic mass is 9.93. The van der Waals surface area contributed by atoms with Crippen LogP contribution in [-0.2, 0) is 0 Å². The monoisotopic (exact) mass is 372 g/mol. The zero-order valence-electron chi connectivity index (χ0n) is 15.0. The van der Waals surface area contributed by atoms with E-state index in [2.05, 4.69) is 77.7 Å². The van der Waals surface area contributed by atoms with Gasteiger partial charge in [0.25, 0.3) is 0 Å². The summed E-state index contributed by atoms with van der Waals surface area (Å²) in [7, 11) is 0. The van der Waals surface area contributed by atoms with Crippen LogP contribution in [0.1, 0.15) is 41.6 Å². The maximum atomic E-state index is 6.13. The van der Waals surface area contributed by atoms with Gasteiger partial charge in [-0.15, -0.1) is 0 Å². The van der Waals surface area contributed by atoms with Crippen molar-refractivity contribution in [2.24, 2.45) is 4.99 Å². The van der Waals surface area contributed by atoms with Gasteiger partial charge in [0.1, 0.15) is 11.9 Å². The highest BCUT2D eigenvalue weighted by Gasteiger charge is 2.45. The highest BCUT2D eigenvalue weighted by Crippen LogP contribution is 2.48. The molecule has 5 rings (SSSR count). The lowest BCUT2D eigenvalue weighted by Crippen LogP contribution is -2.34. The lowest BCUT2D eigenvalue weighted by molar-refractivity contribution is 0.302. The smallest absolute Gasteiger partial charge is 0.132 e. The molecule has 3 aromatic rings. The molecule has 0 aromatic heterocycles. The van der Waals surface area contributed by atoms with Crippen LogP contribution in [0, 0.1) is 0 Å². The average molecular weight is 373 g/mol. The summed E-state index contributed by atoms with van der Waals surface area (Å²) in [6.07, 6.45) is 2.47. The fourth-order valence-electron chi connectivity index (χ4n) is 4.03. The average Bonchev–Trinajstić information content (AvgIpc) is 3.49. The van der Waals surface area contributed by atoms with E-state index in [1.165, 1.54) is 24.0 Å². The van der Waals surface area contributed by atoms with E-state index in [-0.39, 0.29) is 12.1 Å². The quantitative estimate of drug-likeness (QED) is 0.544. The minimum absolute atomic E-state index is 0.0971. The normalized spacial score (nSPS) is 22.0. The van der Waals surface area contributed by atoms with Crippen LogP contribution in [0.15, 0.2) is 89.9 Å². The number of amidine groups is 1. The van der Waals surface area contributed by atoms with Crippen molar-refractivity contribution in [2.45, 2.75) is 31.0 Å². The van der Waals surface area contributed by atoms with E-state index in [0.29, 0.717) is 6.04 Å². The summed E-state index contributed by atoms with van der Waals surface area (Å²) in [5.74, 6) is 1.09. The van der Waals surface area contributed by atoms with Gasteiger partial charge in [-0.25, -0.2) is 0 Å². The van der Waals surface area contributed by atoms with Crippen LogP contribution >= 0.6 is 11.6 Å². The van der Waals surface area contributed by atoms with Gasteiger partial charge < -0.3 is 4.90 Å². The van der Waals surface area contributed by atoms with Crippen LogP contribution in [0.4, 0.5) is 0 Å². The highest BCUT2D eigenvalue weighted by atomic mass is 35.5. The third-order valence-corrected chi connectivity index (χ3v) is 5.68. The first kappa shape index (κ1) is 16.6. The predicted molar refractivity (Wildman–Crippen MR) is 111 cm³/mol. The van der Waals surface area contributed by atoms with Gasteiger partial charge in [0, 0.05) is 16.6 Å². The molecule has 0 spiro atoms. The molecule has 2 atom stereocenters. The topological polar surface area (TPSA) is 15.6 Å². The second kappa shape index (κ2) is 6.86. The van der Waals surface area contributed by atoms with Crippen LogP contribution in [0.25, 0.3) is 0 Å². The number of nitrogens with zero attached hydrogens (tertiary/aromatic N) is 2. The van der Waals surface area contributed by atoms with Gasteiger partial charge >= 0.3 is 0 Å². The number of rotatable bonds is 4. The number of halogens is 1. The molecule has 0 bridgehead atoms. The van der Waals surface area contributed by atoms with Gasteiger partial charge in [-0.1, -0.05) is 72.3 Å². The number of benzene rings is 3. The Morgan fingerprint density at radius 3 is 1.93 bits per heavy atom. The molecule has 0 unspecified atom stereocenters. The Hall–Kier alpha value is -2.58. The zero-order chi connectivity index (χ0) is 18.2. The summed E-state index contributed by atoms with van der Waals surface area (Å²) >= 11 is 6.13. The zero-order valence-corrected chi connectivity index (χ0v) is 15.8. The van der Waals surface area contributed by atoms with Gasteiger partial charge in [0.2, 0.25) is 0 Å². The fraction of sp³-hybridized carbons (Fsp3) is 0.208. The Bertz CT molecular complexity index is 947. The fourth-order valence-corrected chi connectivity index (χ4v) is 4.15. The first-order chi connectivity index (χ1) is 13.3. The Kier molecular flexibility index (Phi) is 4.21. The summed E-state index contributed by atoms with van der Waals surface area (Å²) in [4.78, 5) is 7.81. The SMILES string of the molecule is Clc1ccc(C2=N[C@H](c3ccccc3)[C@H](c3ccccc3)N2C2CC2)cc1. The molecular formula is C24H21ClN2. The van der Waals surface area contributed by atoms with Crippen molar-refractivity contribution in [1.82, 2.24) is 4.90 Å². The highest BCUT2D eigenvalue weighted by molar-refractivity contribution is 6.30. The summed E-state index contributed by atoms with van der Waals surface area (Å²) < 4.78 is 0. The molecule has 1 aliphatic carbocycles. The Balaban J connectivity index is 1.65. The number of hydrogen-bond acceptors (Lipinski definition) is 2. The molecule has 0 radical (unpaired) electrons. The van der Waals surface area contributed by atoms with E-state index in [1.54, 1.807) is 0 Å². The molecule has 1 fully saturated rings. The van der Waals surface area contributed by atoms with Gasteiger partial charge in [-0.05, 0) is 48.2 Å². The molecular weight excluding hydrogens is 352 g/mol. The van der Waals surface area contributed by atoms with Crippen molar-refractivity contribution in [2.75, 3.05) is 0 Å². The molecule has 1 saturated carbocycles. The van der Waals surface area contributed by atoms with E-state index in [0.717, 1.165) is 16.4 Å². The van der Waals surface area contributed by atoms with Gasteiger partial charge in [0.15, 0.2) is 0 Å². The predicted octanol–water partition coefficient (Wildman–Crippen LogP) is 6.05. The van der Waals surface area contributed by atoms with Crippen molar-refractivity contribution in [1.29, 1.82) is 0 Å². The lowest BCUT2D eigenvalue weighted by Gasteiger charge is -2.31. The maximum Gasteiger partial charge on any atom is 0.132 e. The standard InChI is InChI=1S/C24H21ClN2/c25-20-13-11-19(12-14-20)24-26-22(17-7-3-1-4-8-17)23(27(24)21-15-16-21)18-9-5-2-6-10-18/h1-14,21-23H,15-16H2/t22-,23+/m1/s1. The molecule has 0 N–H and O–H groups in total. The van der Waals surface area contributed by atoms with E-state index in [9.17, 15) is 0 Å². The number of hydrogen-bond donors (Lipinski definition) is 0. The Labute approximate surface area is 165 Å². The molecule has 27 heavy (non-hydrogen) atoms. The van der Waals surface area contributed by atoms with E-state index in [4.69, 9.17) is 16.6 Å². The summed E-state index contributed by atoms with van der Waals surface area (Å²) in [6, 6.07) is 30.5. The first-order valence-corrected chi connectivity index (χ1v) is 9.91. The molecule has 2 aliphatic rings. The molecule has 3 heteroatoms. The molecule has 134 valence electrons. The third kappa shape index (κ3) is 3.15. The largest absolute Gasteiger partial charge is 0.344 e. The van der Waals surface area contributed by atoms with Gasteiger partial charge in [0.05, 0.1) is 6.04 Å². The van der Waals surface area contributed by atoms with Gasteiger partial charge in [-0.3, -0.25) is 4.99 Å². The van der Waals surface area contributed by atoms with Crippen LogP contribution in [0.5, 0.6) is 0 Å². The van der Waals surface area contributed by atoms with Crippen molar-refractivity contribution in [3.8, 4) is 0 Å². The van der Waals surface area contributed by atoms with Crippen molar-refractivity contribution in [3.63, 3.8) is 0 Å². The van der Waals surface area contributed by atoms with Crippen LogP contribution in [0.2, 0.25) is 5.02 Å². The summed E-state index contributed by atoms with van der Waals surface area (Å²) in [5, 5.41) is 0.759. The minimum atomic E-state index is 0.0971. The molecule has 0 saturated heterocycles. The third-order valence-electron chi connectivity index (χ3n) is 5.43. The molecule has 3 aromatic carbocycles. The van der Waals surface area contributed by atoms with Crippen molar-refractivity contribution in [3.05, 3.63) is 107 Å². The molecule has 1 heterocycles. The van der Waals surface area contributed by atoms with Crippen molar-refractivity contribution >= 4 is 17.4 Å². The Morgan fingerprint density at radius 1 is 0.741 bits per heavy atom. The second-order valence-corrected chi connectivity index (χ2v) is 7.75. The van der Waals surface area contributed by atoms with E-state index in [1.807, 2.05) is 12.1 Å². The van der Waals surface area contributed by atoms with Crippen LogP contribution in [-0.4, -0.2) is 16.8 Å². The second-order valence-electron chi connectivity index (χ2n) is 7.31. The Morgan fingerprint density at radius 2 is 1.33 bits per heavy atom. The summed E-state index contributed by atoms with van der Waals surface area (Å²) in [6.45, 7) is 0. The van der Waals surface area contributed by atoms with E-state index >= 15 is 0 Å². The minimum Gasteiger partial charge on any atom is -0.344 e. The van der Waals surface area contributed by atoms with Gasteiger partial charge in [-0.2, -0.15) is 0 Å². The van der Waals surface area contributed by atoms with Crippen LogP contribution in [0.3, 0.4) is 0 Å². The number of aliphatic imine (C=N–C) groups is 1. The summed E-state index contributed by atoms with van der Waals surface area (Å²) in [5.41, 5.74) is 3.73. The molecule has 2 nitrogen and oxygen atoms in total. The van der Waals surface area contributed by atoms with Crippen LogP contribution < -0.4 is 0 Å².